The number of aromatic nitrogens is 2. The van der Waals surface area contributed by atoms with Gasteiger partial charge in [0, 0.05) is 33.3 Å². The number of hydrogen-bond acceptors (Lipinski definition) is 7. The molecule has 0 spiro atoms. The molecule has 10 heteroatoms. The maximum atomic E-state index is 13.2. The Hall–Kier alpha value is -2.79. The Morgan fingerprint density at radius 2 is 1.68 bits per heavy atom. The lowest BCUT2D eigenvalue weighted by atomic mass is 10.2. The van der Waals surface area contributed by atoms with Crippen molar-refractivity contribution in [3.05, 3.63) is 64.7 Å². The SMILES string of the molecule is COCCn1c(C(C)N2CCN(S(=O)(=O)c3ccc(OC)cc3)CC2)nc2ccccc2c1=O. The molecule has 1 saturated heterocycles. The molecule has 1 aliphatic heterocycles. The molecule has 2 heterocycles. The molecule has 1 aromatic heterocycles. The molecule has 9 nitrogen and oxygen atoms in total. The highest BCUT2D eigenvalue weighted by Gasteiger charge is 2.31. The van der Waals surface area contributed by atoms with Crippen molar-refractivity contribution in [3.8, 4) is 5.75 Å². The number of sulfonamides is 1. The highest BCUT2D eigenvalue weighted by Crippen LogP contribution is 2.25. The number of hydrogen-bond donors (Lipinski definition) is 0. The van der Waals surface area contributed by atoms with Gasteiger partial charge in [-0.3, -0.25) is 14.3 Å². The lowest BCUT2D eigenvalue weighted by Crippen LogP contribution is -2.49. The summed E-state index contributed by atoms with van der Waals surface area (Å²) in [4.78, 5) is 20.4. The van der Waals surface area contributed by atoms with E-state index in [1.165, 1.54) is 4.31 Å². The maximum Gasteiger partial charge on any atom is 0.261 e. The van der Waals surface area contributed by atoms with Crippen LogP contribution in [-0.2, 0) is 21.3 Å². The summed E-state index contributed by atoms with van der Waals surface area (Å²) in [6.07, 6.45) is 0. The fourth-order valence-electron chi connectivity index (χ4n) is 4.29. The second-order valence-electron chi connectivity index (χ2n) is 8.23. The molecule has 0 aliphatic carbocycles. The van der Waals surface area contributed by atoms with E-state index in [2.05, 4.69) is 4.90 Å². The minimum Gasteiger partial charge on any atom is -0.497 e. The van der Waals surface area contributed by atoms with E-state index >= 15 is 0 Å². The van der Waals surface area contributed by atoms with E-state index < -0.39 is 10.0 Å². The van der Waals surface area contributed by atoms with E-state index in [1.54, 1.807) is 49.1 Å². The van der Waals surface area contributed by atoms with E-state index in [4.69, 9.17) is 14.5 Å². The first-order valence-electron chi connectivity index (χ1n) is 11.2. The Balaban J connectivity index is 1.55. The van der Waals surface area contributed by atoms with Crippen molar-refractivity contribution in [2.24, 2.45) is 0 Å². The van der Waals surface area contributed by atoms with Crippen LogP contribution in [0.4, 0.5) is 0 Å². The van der Waals surface area contributed by atoms with Crippen LogP contribution in [0.2, 0.25) is 0 Å². The molecule has 1 atom stereocenters. The molecular weight excluding hydrogens is 456 g/mol. The molecule has 1 fully saturated rings. The highest BCUT2D eigenvalue weighted by atomic mass is 32.2. The zero-order valence-electron chi connectivity index (χ0n) is 19.7. The maximum absolute atomic E-state index is 13.2. The number of methoxy groups -OCH3 is 2. The van der Waals surface area contributed by atoms with Gasteiger partial charge in [0.1, 0.15) is 11.6 Å². The molecule has 1 unspecified atom stereocenters. The number of nitrogens with zero attached hydrogens (tertiary/aromatic N) is 4. The number of fused-ring (bicyclic) bond motifs is 1. The second-order valence-corrected chi connectivity index (χ2v) is 10.2. The Bertz CT molecular complexity index is 1300. The van der Waals surface area contributed by atoms with Gasteiger partial charge in [0.15, 0.2) is 0 Å². The topological polar surface area (TPSA) is 94.0 Å². The summed E-state index contributed by atoms with van der Waals surface area (Å²) >= 11 is 0. The van der Waals surface area contributed by atoms with Crippen LogP contribution in [0.25, 0.3) is 10.9 Å². The minimum atomic E-state index is -3.59. The third-order valence-corrected chi connectivity index (χ3v) is 8.21. The van der Waals surface area contributed by atoms with Crippen LogP contribution in [0.1, 0.15) is 18.8 Å². The molecule has 2 aromatic carbocycles. The highest BCUT2D eigenvalue weighted by molar-refractivity contribution is 7.89. The summed E-state index contributed by atoms with van der Waals surface area (Å²) in [6, 6.07) is 13.6. The van der Waals surface area contributed by atoms with Crippen LogP contribution in [0, 0.1) is 0 Å². The molecule has 1 aliphatic rings. The van der Waals surface area contributed by atoms with E-state index in [0.717, 1.165) is 0 Å². The van der Waals surface area contributed by atoms with Crippen molar-refractivity contribution >= 4 is 20.9 Å². The van der Waals surface area contributed by atoms with Gasteiger partial charge >= 0.3 is 0 Å². The first kappa shape index (κ1) is 24.3. The predicted molar refractivity (Wildman–Crippen MR) is 130 cm³/mol. The number of ether oxygens (including phenoxy) is 2. The van der Waals surface area contributed by atoms with Gasteiger partial charge in [0.2, 0.25) is 10.0 Å². The van der Waals surface area contributed by atoms with Gasteiger partial charge in [0.25, 0.3) is 5.56 Å². The van der Waals surface area contributed by atoms with Crippen LogP contribution in [0.5, 0.6) is 5.75 Å². The largest absolute Gasteiger partial charge is 0.497 e. The third-order valence-electron chi connectivity index (χ3n) is 6.30. The van der Waals surface area contributed by atoms with Crippen LogP contribution >= 0.6 is 0 Å². The van der Waals surface area contributed by atoms with Crippen molar-refractivity contribution in [2.45, 2.75) is 24.4 Å². The number of piperazine rings is 1. The van der Waals surface area contributed by atoms with Crippen LogP contribution in [0.3, 0.4) is 0 Å². The van der Waals surface area contributed by atoms with Crippen LogP contribution in [-0.4, -0.2) is 74.2 Å². The summed E-state index contributed by atoms with van der Waals surface area (Å²) < 4.78 is 39.7. The van der Waals surface area contributed by atoms with Crippen molar-refractivity contribution in [2.75, 3.05) is 47.0 Å². The number of para-hydroxylation sites is 1. The lowest BCUT2D eigenvalue weighted by molar-refractivity contribution is 0.134. The summed E-state index contributed by atoms with van der Waals surface area (Å²) in [6.45, 7) is 4.58. The van der Waals surface area contributed by atoms with Gasteiger partial charge in [-0.2, -0.15) is 4.31 Å². The molecule has 0 radical (unpaired) electrons. The first-order valence-corrected chi connectivity index (χ1v) is 12.7. The van der Waals surface area contributed by atoms with Gasteiger partial charge in [-0.1, -0.05) is 12.1 Å². The summed E-state index contributed by atoms with van der Waals surface area (Å²) in [5, 5.41) is 0.574. The molecule has 182 valence electrons. The quantitative estimate of drug-likeness (QED) is 0.481. The third kappa shape index (κ3) is 4.72. The average Bonchev–Trinajstić information content (AvgIpc) is 2.87. The Morgan fingerprint density at radius 1 is 1.00 bits per heavy atom. The molecule has 0 amide bonds. The first-order chi connectivity index (χ1) is 16.4. The molecule has 3 aromatic rings. The monoisotopic (exact) mass is 486 g/mol. The Labute approximate surface area is 199 Å². The van der Waals surface area contributed by atoms with Crippen LogP contribution < -0.4 is 10.3 Å². The van der Waals surface area contributed by atoms with E-state index in [0.29, 0.717) is 61.8 Å². The van der Waals surface area contributed by atoms with Crippen molar-refractivity contribution in [1.82, 2.24) is 18.8 Å². The van der Waals surface area contributed by atoms with E-state index in [9.17, 15) is 13.2 Å². The van der Waals surface area contributed by atoms with E-state index in [-0.39, 0.29) is 16.5 Å². The summed E-state index contributed by atoms with van der Waals surface area (Å²) in [5.41, 5.74) is 0.564. The lowest BCUT2D eigenvalue weighted by Gasteiger charge is -2.37. The fourth-order valence-corrected chi connectivity index (χ4v) is 5.72. The number of benzene rings is 2. The zero-order chi connectivity index (χ0) is 24.3. The summed E-state index contributed by atoms with van der Waals surface area (Å²) in [7, 11) is -0.446. The smallest absolute Gasteiger partial charge is 0.261 e. The summed E-state index contributed by atoms with van der Waals surface area (Å²) in [5.74, 6) is 1.27. The van der Waals surface area contributed by atoms with Crippen molar-refractivity contribution in [3.63, 3.8) is 0 Å². The Morgan fingerprint density at radius 3 is 2.32 bits per heavy atom. The van der Waals surface area contributed by atoms with E-state index in [1.807, 2.05) is 25.1 Å². The van der Waals surface area contributed by atoms with Gasteiger partial charge in [-0.15, -0.1) is 0 Å². The van der Waals surface area contributed by atoms with Gasteiger partial charge in [0.05, 0.1) is 42.1 Å². The van der Waals surface area contributed by atoms with Crippen molar-refractivity contribution in [1.29, 1.82) is 0 Å². The molecule has 0 bridgehead atoms. The van der Waals surface area contributed by atoms with Gasteiger partial charge < -0.3 is 9.47 Å². The molecular formula is C24H30N4O5S. The zero-order valence-corrected chi connectivity index (χ0v) is 20.5. The van der Waals surface area contributed by atoms with Gasteiger partial charge in [-0.05, 0) is 43.3 Å². The molecule has 0 N–H and O–H groups in total. The normalized spacial score (nSPS) is 16.6. The fraction of sp³-hybridized carbons (Fsp3) is 0.417. The standard InChI is InChI=1S/C24H30N4O5S/c1-18(23-25-22-7-5-4-6-21(22)24(29)28(23)16-17-32-2)26-12-14-27(15-13-26)34(30,31)20-10-8-19(33-3)9-11-20/h4-11,18H,12-17H2,1-3H3. The number of rotatable bonds is 8. The van der Waals surface area contributed by atoms with Gasteiger partial charge in [-0.25, -0.2) is 13.4 Å². The molecule has 34 heavy (non-hydrogen) atoms. The van der Waals surface area contributed by atoms with Crippen molar-refractivity contribution < 1.29 is 17.9 Å². The predicted octanol–water partition coefficient (Wildman–Crippen LogP) is 2.12. The molecule has 4 rings (SSSR count). The second kappa shape index (κ2) is 10.2. The Kier molecular flexibility index (Phi) is 7.32. The molecule has 0 saturated carbocycles. The average molecular weight is 487 g/mol. The van der Waals surface area contributed by atoms with Crippen LogP contribution in [0.15, 0.2) is 58.2 Å². The minimum absolute atomic E-state index is 0.0924.